The van der Waals surface area contributed by atoms with Crippen LogP contribution < -0.4 is 10.9 Å². The number of hydrogen-bond donors (Lipinski definition) is 1. The monoisotopic (exact) mass is 205 g/mol. The van der Waals surface area contributed by atoms with Crippen LogP contribution in [0.2, 0.25) is 0 Å². The third-order valence-electron chi connectivity index (χ3n) is 2.39. The lowest BCUT2D eigenvalue weighted by atomic mass is 10.2. The van der Waals surface area contributed by atoms with Crippen molar-refractivity contribution in [1.82, 2.24) is 4.57 Å². The maximum absolute atomic E-state index is 11.6. The third-order valence-corrected chi connectivity index (χ3v) is 2.39. The fraction of sp³-hybridized carbons (Fsp3) is 0.455. The van der Waals surface area contributed by atoms with Crippen molar-refractivity contribution in [2.45, 2.75) is 26.3 Å². The van der Waals surface area contributed by atoms with Crippen LogP contribution >= 0.6 is 0 Å². The van der Waals surface area contributed by atoms with Crippen molar-refractivity contribution in [1.29, 1.82) is 5.26 Å². The summed E-state index contributed by atoms with van der Waals surface area (Å²) in [5.74, 6) is 0. The lowest BCUT2D eigenvalue weighted by Gasteiger charge is -2.14. The van der Waals surface area contributed by atoms with Gasteiger partial charge in [0, 0.05) is 19.3 Å². The van der Waals surface area contributed by atoms with Gasteiger partial charge in [-0.2, -0.15) is 5.26 Å². The summed E-state index contributed by atoms with van der Waals surface area (Å²) in [5.41, 5.74) is 0.543. The van der Waals surface area contributed by atoms with E-state index in [9.17, 15) is 4.79 Å². The van der Waals surface area contributed by atoms with Crippen molar-refractivity contribution in [3.05, 3.63) is 28.2 Å². The third kappa shape index (κ3) is 2.38. The fourth-order valence-corrected chi connectivity index (χ4v) is 1.22. The molecule has 1 aromatic heterocycles. The summed E-state index contributed by atoms with van der Waals surface area (Å²) in [5, 5.41) is 12.0. The highest BCUT2D eigenvalue weighted by Crippen LogP contribution is 2.11. The molecule has 1 atom stereocenters. The Labute approximate surface area is 89.2 Å². The van der Waals surface area contributed by atoms with Crippen LogP contribution in [-0.4, -0.2) is 10.6 Å². The molecule has 0 spiro atoms. The average molecular weight is 205 g/mol. The summed E-state index contributed by atoms with van der Waals surface area (Å²) < 4.78 is 1.40. The molecule has 1 aromatic rings. The highest BCUT2D eigenvalue weighted by Gasteiger charge is 2.09. The highest BCUT2D eigenvalue weighted by molar-refractivity contribution is 5.56. The number of aryl methyl sites for hydroxylation is 1. The first kappa shape index (κ1) is 11.3. The Balaban J connectivity index is 3.15. The molecule has 15 heavy (non-hydrogen) atoms. The van der Waals surface area contributed by atoms with Gasteiger partial charge in [0.05, 0.1) is 5.69 Å². The van der Waals surface area contributed by atoms with Crippen LogP contribution in [0.5, 0.6) is 0 Å². The average Bonchev–Trinajstić information content (AvgIpc) is 2.24. The summed E-state index contributed by atoms with van der Waals surface area (Å²) in [6.45, 7) is 4.06. The maximum atomic E-state index is 11.6. The molecule has 4 nitrogen and oxygen atoms in total. The number of nitrogens with one attached hydrogen (secondary N) is 1. The molecule has 0 aliphatic heterocycles. The zero-order chi connectivity index (χ0) is 11.4. The van der Waals surface area contributed by atoms with E-state index < -0.39 is 0 Å². The van der Waals surface area contributed by atoms with Crippen LogP contribution in [0.25, 0.3) is 0 Å². The largest absolute Gasteiger partial charge is 0.381 e. The number of pyridine rings is 1. The predicted octanol–water partition coefficient (Wildman–Crippen LogP) is 1.47. The van der Waals surface area contributed by atoms with Crippen molar-refractivity contribution in [3.8, 4) is 6.07 Å². The first-order valence-electron chi connectivity index (χ1n) is 4.96. The zero-order valence-corrected chi connectivity index (χ0v) is 9.24. The van der Waals surface area contributed by atoms with E-state index in [0.29, 0.717) is 5.69 Å². The standard InChI is InChI=1S/C11H15N3O/c1-4-8(2)13-10-5-6-14(3)11(15)9(10)7-12/h5-6,8,13H,4H2,1-3H3. The number of nitrogens with zero attached hydrogens (tertiary/aromatic N) is 2. The van der Waals surface area contributed by atoms with Gasteiger partial charge in [0.25, 0.3) is 5.56 Å². The molecule has 4 heteroatoms. The molecule has 0 bridgehead atoms. The fourth-order valence-electron chi connectivity index (χ4n) is 1.22. The van der Waals surface area contributed by atoms with Gasteiger partial charge in [-0.15, -0.1) is 0 Å². The number of rotatable bonds is 3. The molecule has 0 saturated carbocycles. The van der Waals surface area contributed by atoms with Gasteiger partial charge >= 0.3 is 0 Å². The first-order valence-corrected chi connectivity index (χ1v) is 4.96. The van der Waals surface area contributed by atoms with Crippen molar-refractivity contribution < 1.29 is 0 Å². The Kier molecular flexibility index (Phi) is 3.51. The van der Waals surface area contributed by atoms with Crippen molar-refractivity contribution in [2.24, 2.45) is 7.05 Å². The topological polar surface area (TPSA) is 57.8 Å². The van der Waals surface area contributed by atoms with Crippen LogP contribution in [-0.2, 0) is 7.05 Å². The Hall–Kier alpha value is -1.76. The summed E-state index contributed by atoms with van der Waals surface area (Å²) in [7, 11) is 1.64. The molecule has 0 amide bonds. The van der Waals surface area contributed by atoms with Gasteiger partial charge < -0.3 is 9.88 Å². The van der Waals surface area contributed by atoms with Crippen LogP contribution in [0.4, 0.5) is 5.69 Å². The Morgan fingerprint density at radius 2 is 2.33 bits per heavy atom. The quantitative estimate of drug-likeness (QED) is 0.812. The molecular weight excluding hydrogens is 190 g/mol. The molecule has 0 aliphatic rings. The molecule has 1 unspecified atom stereocenters. The second kappa shape index (κ2) is 4.65. The second-order valence-electron chi connectivity index (χ2n) is 3.59. The van der Waals surface area contributed by atoms with Crippen molar-refractivity contribution >= 4 is 5.69 Å². The van der Waals surface area contributed by atoms with Crippen LogP contribution in [0.1, 0.15) is 25.8 Å². The van der Waals surface area contributed by atoms with Gasteiger partial charge in [0.1, 0.15) is 11.6 Å². The molecule has 0 saturated heterocycles. The van der Waals surface area contributed by atoms with Crippen LogP contribution in [0, 0.1) is 11.3 Å². The lowest BCUT2D eigenvalue weighted by molar-refractivity contribution is 0.760. The second-order valence-corrected chi connectivity index (χ2v) is 3.59. The van der Waals surface area contributed by atoms with Crippen LogP contribution in [0.3, 0.4) is 0 Å². The minimum absolute atomic E-state index is 0.181. The van der Waals surface area contributed by atoms with E-state index in [4.69, 9.17) is 5.26 Å². The highest BCUT2D eigenvalue weighted by atomic mass is 16.1. The van der Waals surface area contributed by atoms with E-state index in [1.54, 1.807) is 19.3 Å². The molecule has 0 aliphatic carbocycles. The van der Waals surface area contributed by atoms with Gasteiger partial charge in [-0.05, 0) is 19.4 Å². The summed E-state index contributed by atoms with van der Waals surface area (Å²) >= 11 is 0. The number of hydrogen-bond acceptors (Lipinski definition) is 3. The molecule has 1 N–H and O–H groups in total. The van der Waals surface area contributed by atoms with E-state index in [2.05, 4.69) is 5.32 Å². The Morgan fingerprint density at radius 3 is 2.87 bits per heavy atom. The number of anilines is 1. The summed E-state index contributed by atoms with van der Waals surface area (Å²) in [6, 6.07) is 3.95. The molecule has 0 fully saturated rings. The van der Waals surface area contributed by atoms with E-state index in [1.807, 2.05) is 19.9 Å². The normalized spacial score (nSPS) is 11.9. The van der Waals surface area contributed by atoms with E-state index in [1.165, 1.54) is 4.57 Å². The zero-order valence-electron chi connectivity index (χ0n) is 9.24. The minimum Gasteiger partial charge on any atom is -0.381 e. The Morgan fingerprint density at radius 1 is 1.67 bits per heavy atom. The Bertz CT molecular complexity index is 442. The SMILES string of the molecule is CCC(C)Nc1ccn(C)c(=O)c1C#N. The first-order chi connectivity index (χ1) is 7.10. The van der Waals surface area contributed by atoms with E-state index in [-0.39, 0.29) is 17.2 Å². The predicted molar refractivity (Wildman–Crippen MR) is 59.8 cm³/mol. The smallest absolute Gasteiger partial charge is 0.270 e. The van der Waals surface area contributed by atoms with Gasteiger partial charge in [-0.25, -0.2) is 0 Å². The van der Waals surface area contributed by atoms with Crippen molar-refractivity contribution in [2.75, 3.05) is 5.32 Å². The summed E-state index contributed by atoms with van der Waals surface area (Å²) in [4.78, 5) is 11.6. The van der Waals surface area contributed by atoms with Gasteiger partial charge in [0.2, 0.25) is 0 Å². The number of aromatic nitrogens is 1. The van der Waals surface area contributed by atoms with Crippen molar-refractivity contribution in [3.63, 3.8) is 0 Å². The molecule has 0 radical (unpaired) electrons. The molecule has 1 rings (SSSR count). The maximum Gasteiger partial charge on any atom is 0.270 e. The molecular formula is C11H15N3O. The van der Waals surface area contributed by atoms with Gasteiger partial charge in [-0.1, -0.05) is 6.92 Å². The van der Waals surface area contributed by atoms with Crippen LogP contribution in [0.15, 0.2) is 17.1 Å². The van der Waals surface area contributed by atoms with Gasteiger partial charge in [0.15, 0.2) is 0 Å². The lowest BCUT2D eigenvalue weighted by Crippen LogP contribution is -2.23. The molecule has 0 aromatic carbocycles. The molecule has 80 valence electrons. The summed E-state index contributed by atoms with van der Waals surface area (Å²) in [6.07, 6.45) is 2.61. The molecule has 1 heterocycles. The number of nitriles is 1. The van der Waals surface area contributed by atoms with E-state index >= 15 is 0 Å². The van der Waals surface area contributed by atoms with Gasteiger partial charge in [-0.3, -0.25) is 4.79 Å². The minimum atomic E-state index is -0.259. The van der Waals surface area contributed by atoms with E-state index in [0.717, 1.165) is 6.42 Å².